The second kappa shape index (κ2) is 5.87. The summed E-state index contributed by atoms with van der Waals surface area (Å²) in [7, 11) is 0. The third kappa shape index (κ3) is 2.88. The Hall–Kier alpha value is -1.29. The molecule has 0 bridgehead atoms. The van der Waals surface area contributed by atoms with E-state index in [0.29, 0.717) is 6.04 Å². The molecule has 1 unspecified atom stereocenters. The molecule has 0 aromatic carbocycles. The van der Waals surface area contributed by atoms with Crippen molar-refractivity contribution in [2.24, 2.45) is 0 Å². The number of nitrogens with zero attached hydrogens (tertiary/aromatic N) is 2. The van der Waals surface area contributed by atoms with Crippen LogP contribution in [-0.4, -0.2) is 37.3 Å². The largest absolute Gasteiger partial charge is 0.377 e. The maximum atomic E-state index is 5.52. The van der Waals surface area contributed by atoms with Gasteiger partial charge in [-0.25, -0.2) is 4.98 Å². The van der Waals surface area contributed by atoms with Gasteiger partial charge >= 0.3 is 0 Å². The molecule has 1 aromatic heterocycles. The van der Waals surface area contributed by atoms with Crippen molar-refractivity contribution >= 4 is 11.6 Å². The number of rotatable bonds is 4. The second-order valence-electron chi connectivity index (χ2n) is 4.24. The molecule has 0 saturated carbocycles. The third-order valence-electron chi connectivity index (χ3n) is 3.09. The minimum absolute atomic E-state index is 0.452. The zero-order valence-electron chi connectivity index (χ0n) is 10.6. The van der Waals surface area contributed by atoms with Crippen LogP contribution in [0.3, 0.4) is 0 Å². The fraction of sp³-hybridized carbons (Fsp3) is 0.615. The van der Waals surface area contributed by atoms with E-state index in [-0.39, 0.29) is 0 Å². The Kier molecular flexibility index (Phi) is 4.20. The van der Waals surface area contributed by atoms with E-state index in [1.807, 2.05) is 6.07 Å². The van der Waals surface area contributed by atoms with Crippen LogP contribution in [0.2, 0.25) is 0 Å². The molecule has 1 atom stereocenters. The second-order valence-corrected chi connectivity index (χ2v) is 4.24. The van der Waals surface area contributed by atoms with E-state index < -0.39 is 0 Å². The highest BCUT2D eigenvalue weighted by Gasteiger charge is 2.22. The highest BCUT2D eigenvalue weighted by Crippen LogP contribution is 2.20. The van der Waals surface area contributed by atoms with Crippen LogP contribution in [0.5, 0.6) is 0 Å². The molecule has 17 heavy (non-hydrogen) atoms. The average Bonchev–Trinajstić information content (AvgIpc) is 2.39. The van der Waals surface area contributed by atoms with E-state index in [2.05, 4.69) is 41.2 Å². The molecule has 1 aliphatic rings. The average molecular weight is 235 g/mol. The minimum atomic E-state index is 0.452. The molecule has 0 spiro atoms. The van der Waals surface area contributed by atoms with Crippen LogP contribution < -0.4 is 10.2 Å². The minimum Gasteiger partial charge on any atom is -0.377 e. The Balaban J connectivity index is 2.16. The summed E-state index contributed by atoms with van der Waals surface area (Å²) in [6.45, 7) is 7.71. The van der Waals surface area contributed by atoms with E-state index >= 15 is 0 Å². The lowest BCUT2D eigenvalue weighted by atomic mass is 10.2. The van der Waals surface area contributed by atoms with Crippen LogP contribution in [0.15, 0.2) is 18.2 Å². The Morgan fingerprint density at radius 2 is 2.35 bits per heavy atom. The summed E-state index contributed by atoms with van der Waals surface area (Å²) in [6, 6.07) is 6.60. The Bertz CT molecular complexity index is 356. The van der Waals surface area contributed by atoms with Gasteiger partial charge in [-0.1, -0.05) is 13.0 Å². The van der Waals surface area contributed by atoms with Gasteiger partial charge in [0.1, 0.15) is 11.6 Å². The standard InChI is InChI=1S/C13H21N3O/c1-3-11-10-17-9-8-16(11)13-7-5-6-12(15-13)14-4-2/h5-7,11H,3-4,8-10H2,1-2H3,(H,14,15). The highest BCUT2D eigenvalue weighted by molar-refractivity contribution is 5.48. The SMILES string of the molecule is CCNc1cccc(N2CCOCC2CC)n1. The summed E-state index contributed by atoms with van der Waals surface area (Å²) in [5.74, 6) is 2.00. The summed E-state index contributed by atoms with van der Waals surface area (Å²) >= 11 is 0. The van der Waals surface area contributed by atoms with Gasteiger partial charge in [-0.05, 0) is 25.5 Å². The molecule has 0 radical (unpaired) electrons. The molecular formula is C13H21N3O. The smallest absolute Gasteiger partial charge is 0.131 e. The van der Waals surface area contributed by atoms with Crippen molar-refractivity contribution in [3.8, 4) is 0 Å². The first-order chi connectivity index (χ1) is 8.35. The van der Waals surface area contributed by atoms with E-state index in [1.54, 1.807) is 0 Å². The van der Waals surface area contributed by atoms with Crippen molar-refractivity contribution in [3.63, 3.8) is 0 Å². The number of nitrogens with one attached hydrogen (secondary N) is 1. The number of anilines is 2. The predicted octanol–water partition coefficient (Wildman–Crippen LogP) is 2.13. The fourth-order valence-corrected chi connectivity index (χ4v) is 2.16. The Morgan fingerprint density at radius 1 is 1.47 bits per heavy atom. The zero-order valence-corrected chi connectivity index (χ0v) is 10.6. The number of pyridine rings is 1. The quantitative estimate of drug-likeness (QED) is 0.867. The maximum absolute atomic E-state index is 5.52. The number of hydrogen-bond acceptors (Lipinski definition) is 4. The first-order valence-electron chi connectivity index (χ1n) is 6.40. The molecule has 94 valence electrons. The number of morpholine rings is 1. The van der Waals surface area contributed by atoms with Crippen molar-refractivity contribution in [3.05, 3.63) is 18.2 Å². The highest BCUT2D eigenvalue weighted by atomic mass is 16.5. The van der Waals surface area contributed by atoms with Crippen LogP contribution >= 0.6 is 0 Å². The zero-order chi connectivity index (χ0) is 12.1. The number of ether oxygens (including phenoxy) is 1. The summed E-state index contributed by atoms with van der Waals surface area (Å²) in [5, 5.41) is 3.25. The van der Waals surface area contributed by atoms with E-state index in [0.717, 1.165) is 44.4 Å². The molecule has 1 saturated heterocycles. The van der Waals surface area contributed by atoms with E-state index in [1.165, 1.54) is 0 Å². The molecule has 1 aromatic rings. The number of aromatic nitrogens is 1. The molecule has 1 N–H and O–H groups in total. The van der Waals surface area contributed by atoms with Gasteiger partial charge in [-0.15, -0.1) is 0 Å². The topological polar surface area (TPSA) is 37.4 Å². The molecule has 4 nitrogen and oxygen atoms in total. The van der Waals surface area contributed by atoms with Crippen molar-refractivity contribution < 1.29 is 4.74 Å². The monoisotopic (exact) mass is 235 g/mol. The van der Waals surface area contributed by atoms with Gasteiger partial charge in [0.2, 0.25) is 0 Å². The van der Waals surface area contributed by atoms with Crippen LogP contribution in [0.1, 0.15) is 20.3 Å². The van der Waals surface area contributed by atoms with Crippen LogP contribution in [0.25, 0.3) is 0 Å². The lowest BCUT2D eigenvalue weighted by Crippen LogP contribution is -2.45. The molecule has 2 heterocycles. The predicted molar refractivity (Wildman–Crippen MR) is 70.6 cm³/mol. The van der Waals surface area contributed by atoms with Crippen LogP contribution in [0.4, 0.5) is 11.6 Å². The summed E-state index contributed by atoms with van der Waals surface area (Å²) < 4.78 is 5.52. The summed E-state index contributed by atoms with van der Waals surface area (Å²) in [4.78, 5) is 7.00. The normalized spacial score (nSPS) is 20.4. The summed E-state index contributed by atoms with van der Waals surface area (Å²) in [6.07, 6.45) is 1.09. The number of hydrogen-bond donors (Lipinski definition) is 1. The van der Waals surface area contributed by atoms with Crippen LogP contribution in [-0.2, 0) is 4.74 Å². The van der Waals surface area contributed by atoms with Gasteiger partial charge in [0.25, 0.3) is 0 Å². The first-order valence-corrected chi connectivity index (χ1v) is 6.40. The lowest BCUT2D eigenvalue weighted by molar-refractivity contribution is 0.0926. The molecular weight excluding hydrogens is 214 g/mol. The van der Waals surface area contributed by atoms with E-state index in [9.17, 15) is 0 Å². The maximum Gasteiger partial charge on any atom is 0.131 e. The Labute approximate surface area is 103 Å². The van der Waals surface area contributed by atoms with Crippen molar-refractivity contribution in [1.82, 2.24) is 4.98 Å². The Morgan fingerprint density at radius 3 is 3.12 bits per heavy atom. The molecule has 0 aliphatic carbocycles. The van der Waals surface area contributed by atoms with Crippen molar-refractivity contribution in [2.45, 2.75) is 26.3 Å². The van der Waals surface area contributed by atoms with Crippen molar-refractivity contribution in [1.29, 1.82) is 0 Å². The van der Waals surface area contributed by atoms with Gasteiger partial charge in [0, 0.05) is 13.1 Å². The van der Waals surface area contributed by atoms with Gasteiger partial charge in [0.15, 0.2) is 0 Å². The lowest BCUT2D eigenvalue weighted by Gasteiger charge is -2.36. The third-order valence-corrected chi connectivity index (χ3v) is 3.09. The first kappa shape index (κ1) is 12.2. The van der Waals surface area contributed by atoms with Gasteiger partial charge < -0.3 is 15.0 Å². The van der Waals surface area contributed by atoms with Gasteiger partial charge in [-0.3, -0.25) is 0 Å². The molecule has 2 rings (SSSR count). The van der Waals surface area contributed by atoms with E-state index in [4.69, 9.17) is 4.74 Å². The molecule has 4 heteroatoms. The molecule has 0 amide bonds. The van der Waals surface area contributed by atoms with Gasteiger partial charge in [0.05, 0.1) is 19.3 Å². The molecule has 1 fully saturated rings. The molecule has 1 aliphatic heterocycles. The van der Waals surface area contributed by atoms with Crippen LogP contribution in [0, 0.1) is 0 Å². The fourth-order valence-electron chi connectivity index (χ4n) is 2.16. The summed E-state index contributed by atoms with van der Waals surface area (Å²) in [5.41, 5.74) is 0. The van der Waals surface area contributed by atoms with Gasteiger partial charge in [-0.2, -0.15) is 0 Å². The van der Waals surface area contributed by atoms with Crippen molar-refractivity contribution in [2.75, 3.05) is 36.5 Å².